The molecule has 4 rings (SSSR count). The quantitative estimate of drug-likeness (QED) is 0.302. The molecule has 1 atom stereocenters. The molecule has 0 bridgehead atoms. The normalized spacial score (nSPS) is 15.6. The molecule has 0 aromatic heterocycles. The van der Waals surface area contributed by atoms with Crippen LogP contribution >= 0.6 is 17.0 Å². The zero-order valence-electron chi connectivity index (χ0n) is 19.5. The van der Waals surface area contributed by atoms with E-state index in [9.17, 15) is 0 Å². The van der Waals surface area contributed by atoms with Gasteiger partial charge in [0.05, 0.1) is 0 Å². The minimum atomic E-state index is -2.56. The number of hydrogen-bond acceptors (Lipinski definition) is 0. The topological polar surface area (TPSA) is 0 Å². The third-order valence-electron chi connectivity index (χ3n) is 6.24. The number of fused-ring (bicyclic) bond motifs is 1. The Kier molecular flexibility index (Phi) is 7.21. The second-order valence-electron chi connectivity index (χ2n) is 10.2. The molecule has 0 aliphatic heterocycles. The molecule has 1 unspecified atom stereocenters. The fourth-order valence-corrected chi connectivity index (χ4v) is 10.3. The Labute approximate surface area is 208 Å². The van der Waals surface area contributed by atoms with Crippen LogP contribution in [0.4, 0.5) is 0 Å². The second kappa shape index (κ2) is 9.62. The molecule has 3 heteroatoms. The maximum atomic E-state index is 6.77. The van der Waals surface area contributed by atoms with E-state index in [2.05, 4.69) is 107 Å². The molecular weight excluding hydrogens is 510 g/mol. The van der Waals surface area contributed by atoms with Crippen LogP contribution in [-0.2, 0) is 24.8 Å². The summed E-state index contributed by atoms with van der Waals surface area (Å²) in [6.07, 6.45) is 3.48. The zero-order chi connectivity index (χ0) is 23.0. The van der Waals surface area contributed by atoms with Gasteiger partial charge in [0.25, 0.3) is 0 Å². The van der Waals surface area contributed by atoms with Crippen molar-refractivity contribution in [1.82, 2.24) is 0 Å². The Balaban J connectivity index is 2.04. The van der Waals surface area contributed by atoms with Crippen LogP contribution in [0, 0.1) is 5.92 Å². The molecule has 0 fully saturated rings. The van der Waals surface area contributed by atoms with E-state index >= 15 is 0 Å². The van der Waals surface area contributed by atoms with Crippen LogP contribution in [0.1, 0.15) is 61.4 Å². The van der Waals surface area contributed by atoms with Crippen LogP contribution in [0.15, 0.2) is 72.3 Å². The third-order valence-corrected chi connectivity index (χ3v) is 11.6. The summed E-state index contributed by atoms with van der Waals surface area (Å²) in [5.41, 5.74) is 10.6. The van der Waals surface area contributed by atoms with E-state index in [0.29, 0.717) is 5.92 Å². The summed E-state index contributed by atoms with van der Waals surface area (Å²) in [7, 11) is 13.5. The fraction of sp³-hybridized carbons (Fsp3) is 0.310. The van der Waals surface area contributed by atoms with Crippen molar-refractivity contribution in [2.24, 2.45) is 5.92 Å². The average molecular weight is 542 g/mol. The van der Waals surface area contributed by atoms with Crippen molar-refractivity contribution in [3.05, 3.63) is 89.0 Å². The van der Waals surface area contributed by atoms with Crippen molar-refractivity contribution >= 4 is 23.1 Å². The summed E-state index contributed by atoms with van der Waals surface area (Å²) in [4.78, 5) is 0. The molecule has 0 spiro atoms. The summed E-state index contributed by atoms with van der Waals surface area (Å²) in [5, 5.41) is 0. The Morgan fingerprint density at radius 1 is 0.844 bits per heavy atom. The first-order valence-corrected chi connectivity index (χ1v) is 19.1. The minimum absolute atomic E-state index is 0.0157. The van der Waals surface area contributed by atoms with Gasteiger partial charge in [0.1, 0.15) is 0 Å². The number of allylic oxidation sites excluding steroid dienone is 1. The van der Waals surface area contributed by atoms with E-state index < -0.39 is 19.4 Å². The van der Waals surface area contributed by atoms with Crippen molar-refractivity contribution in [3.63, 3.8) is 0 Å². The first-order valence-electron chi connectivity index (χ1n) is 11.4. The summed E-state index contributed by atoms with van der Waals surface area (Å²) in [6.45, 7) is 11.5. The Hall–Kier alpha value is -1.14. The molecule has 1 aliphatic carbocycles. The molecule has 0 amide bonds. The van der Waals surface area contributed by atoms with Crippen molar-refractivity contribution in [2.45, 2.75) is 50.1 Å². The molecule has 32 heavy (non-hydrogen) atoms. The Morgan fingerprint density at radius 3 is 2.06 bits per heavy atom. The first kappa shape index (κ1) is 24.0. The van der Waals surface area contributed by atoms with Gasteiger partial charge < -0.3 is 0 Å². The fourth-order valence-electron chi connectivity index (χ4n) is 4.90. The van der Waals surface area contributed by atoms with Crippen molar-refractivity contribution in [2.75, 3.05) is 0 Å². The van der Waals surface area contributed by atoms with Crippen LogP contribution in [-0.4, -0.2) is 0 Å². The van der Waals surface area contributed by atoms with Crippen molar-refractivity contribution < 1.29 is 19.4 Å². The number of rotatable bonds is 5. The van der Waals surface area contributed by atoms with Gasteiger partial charge in [-0.2, -0.15) is 0 Å². The molecule has 1 aliphatic rings. The van der Waals surface area contributed by atoms with Gasteiger partial charge in [-0.1, -0.05) is 0 Å². The molecular formula is C29H31Cl2Zr. The molecule has 0 saturated heterocycles. The van der Waals surface area contributed by atoms with Gasteiger partial charge in [0.2, 0.25) is 0 Å². The number of hydrogen-bond donors (Lipinski definition) is 0. The van der Waals surface area contributed by atoms with Gasteiger partial charge in [-0.25, -0.2) is 0 Å². The second-order valence-corrected chi connectivity index (χ2v) is 19.0. The average Bonchev–Trinajstić information content (AvgIpc) is 3.10. The summed E-state index contributed by atoms with van der Waals surface area (Å²) in [6, 6.07) is 24.1. The van der Waals surface area contributed by atoms with Gasteiger partial charge in [-0.15, -0.1) is 0 Å². The molecule has 0 radical (unpaired) electrons. The van der Waals surface area contributed by atoms with Gasteiger partial charge in [0, 0.05) is 0 Å². The van der Waals surface area contributed by atoms with E-state index in [1.54, 1.807) is 0 Å². The van der Waals surface area contributed by atoms with Gasteiger partial charge in [0.15, 0.2) is 0 Å². The molecule has 0 saturated carbocycles. The Morgan fingerprint density at radius 2 is 1.47 bits per heavy atom. The predicted octanol–water partition coefficient (Wildman–Crippen LogP) is 9.73. The maximum absolute atomic E-state index is 6.77. The third kappa shape index (κ3) is 4.73. The summed E-state index contributed by atoms with van der Waals surface area (Å²) >= 11 is -2.56. The van der Waals surface area contributed by atoms with Crippen LogP contribution in [0.2, 0.25) is 0 Å². The first-order chi connectivity index (χ1) is 15.2. The van der Waals surface area contributed by atoms with Gasteiger partial charge in [-0.3, -0.25) is 0 Å². The Bertz CT molecular complexity index is 1140. The SMILES string of the molecule is CC(C)CC1=Cc2c(ccc(C(C)(C)C)c2-c2ccccc2-c2ccccc2)[CH]1[Zr]([Cl])[Cl]. The van der Waals surface area contributed by atoms with Crippen LogP contribution in [0.25, 0.3) is 28.3 Å². The molecule has 0 heterocycles. The van der Waals surface area contributed by atoms with Crippen LogP contribution in [0.5, 0.6) is 0 Å². The van der Waals surface area contributed by atoms with Gasteiger partial charge >= 0.3 is 210 Å². The molecule has 0 N–H and O–H groups in total. The van der Waals surface area contributed by atoms with Crippen LogP contribution in [0.3, 0.4) is 0 Å². The van der Waals surface area contributed by atoms with E-state index in [-0.39, 0.29) is 9.04 Å². The van der Waals surface area contributed by atoms with E-state index in [1.165, 1.54) is 44.5 Å². The standard InChI is InChI=1S/C29H31.2ClH.Zr/c1-20(2)17-21-18-23-15-16-27(29(3,4)5)28(26(23)19-21)25-14-10-9-13-24(25)22-11-7-6-8-12-22;;;/h6-16,18-20H,17H2,1-5H3;2*1H;/q;;;+2/p-2. The summed E-state index contributed by atoms with van der Waals surface area (Å²) < 4.78 is 0.245. The van der Waals surface area contributed by atoms with Gasteiger partial charge in [-0.05, 0) is 0 Å². The van der Waals surface area contributed by atoms with E-state index in [0.717, 1.165) is 6.42 Å². The molecule has 0 nitrogen and oxygen atoms in total. The van der Waals surface area contributed by atoms with Crippen LogP contribution < -0.4 is 0 Å². The monoisotopic (exact) mass is 539 g/mol. The predicted molar refractivity (Wildman–Crippen MR) is 138 cm³/mol. The zero-order valence-corrected chi connectivity index (χ0v) is 23.5. The number of benzene rings is 3. The van der Waals surface area contributed by atoms with E-state index in [1.807, 2.05) is 0 Å². The summed E-state index contributed by atoms with van der Waals surface area (Å²) in [5.74, 6) is 0.580. The van der Waals surface area contributed by atoms with E-state index in [4.69, 9.17) is 17.0 Å². The van der Waals surface area contributed by atoms with Crippen molar-refractivity contribution in [1.29, 1.82) is 0 Å². The molecule has 165 valence electrons. The molecule has 3 aromatic rings. The molecule has 3 aromatic carbocycles. The number of halogens is 2. The van der Waals surface area contributed by atoms with Crippen molar-refractivity contribution in [3.8, 4) is 22.3 Å².